The molecule has 1 amide bonds. The lowest BCUT2D eigenvalue weighted by molar-refractivity contribution is -0.387. The molecule has 0 spiro atoms. The summed E-state index contributed by atoms with van der Waals surface area (Å²) >= 11 is 0. The molecule has 0 N–H and O–H groups in total. The molecule has 5 nitrogen and oxygen atoms in total. The molecule has 2 saturated carbocycles. The van der Waals surface area contributed by atoms with Gasteiger partial charge in [0.15, 0.2) is 0 Å². The Bertz CT molecular complexity index is 580. The molecule has 2 fully saturated rings. The van der Waals surface area contributed by atoms with Crippen molar-refractivity contribution < 1.29 is 14.1 Å². The van der Waals surface area contributed by atoms with Gasteiger partial charge >= 0.3 is 5.69 Å². The lowest BCUT2D eigenvalue weighted by atomic mass is 10.1. The summed E-state index contributed by atoms with van der Waals surface area (Å²) in [6.45, 7) is 0. The van der Waals surface area contributed by atoms with Crippen LogP contribution in [0.3, 0.4) is 0 Å². The molecule has 0 aromatic heterocycles. The average molecular weight is 292 g/mol. The zero-order chi connectivity index (χ0) is 15.0. The molecule has 0 aliphatic heterocycles. The van der Waals surface area contributed by atoms with Crippen LogP contribution < -0.4 is 0 Å². The highest BCUT2D eigenvalue weighted by molar-refractivity contribution is 5.95. The fourth-order valence-electron chi connectivity index (χ4n) is 3.10. The van der Waals surface area contributed by atoms with Gasteiger partial charge in [-0.3, -0.25) is 14.9 Å². The number of halogens is 1. The van der Waals surface area contributed by atoms with Crippen LogP contribution in [0.15, 0.2) is 18.2 Å². The molecular weight excluding hydrogens is 275 g/mol. The number of benzene rings is 1. The van der Waals surface area contributed by atoms with E-state index in [-0.39, 0.29) is 23.6 Å². The first-order chi connectivity index (χ1) is 10.1. The largest absolute Gasteiger partial charge is 0.333 e. The van der Waals surface area contributed by atoms with Gasteiger partial charge in [-0.2, -0.15) is 4.39 Å². The van der Waals surface area contributed by atoms with E-state index in [0.29, 0.717) is 0 Å². The van der Waals surface area contributed by atoms with E-state index < -0.39 is 16.4 Å². The fourth-order valence-corrected chi connectivity index (χ4v) is 3.10. The molecule has 1 aromatic carbocycles. The smallest absolute Gasteiger partial charge is 0.305 e. The van der Waals surface area contributed by atoms with Gasteiger partial charge in [-0.25, -0.2) is 0 Å². The van der Waals surface area contributed by atoms with Crippen molar-refractivity contribution in [1.82, 2.24) is 4.90 Å². The molecule has 2 aliphatic carbocycles. The van der Waals surface area contributed by atoms with E-state index >= 15 is 0 Å². The Kier molecular flexibility index (Phi) is 3.61. The maximum Gasteiger partial charge on any atom is 0.305 e. The predicted octanol–water partition coefficient (Wildman–Crippen LogP) is 3.28. The van der Waals surface area contributed by atoms with Crippen LogP contribution in [0.25, 0.3) is 0 Å². The number of nitro benzene ring substituents is 1. The summed E-state index contributed by atoms with van der Waals surface area (Å²) in [5.74, 6) is -1.11. The first-order valence-electron chi connectivity index (χ1n) is 7.34. The molecule has 1 aromatic rings. The fraction of sp³-hybridized carbons (Fsp3) is 0.533. The summed E-state index contributed by atoms with van der Waals surface area (Å²) < 4.78 is 13.4. The van der Waals surface area contributed by atoms with Gasteiger partial charge in [-0.05, 0) is 37.8 Å². The molecule has 21 heavy (non-hydrogen) atoms. The van der Waals surface area contributed by atoms with E-state index in [9.17, 15) is 19.3 Å². The first kappa shape index (κ1) is 14.0. The van der Waals surface area contributed by atoms with Crippen LogP contribution in [0.4, 0.5) is 10.1 Å². The molecular formula is C15H17FN2O3. The van der Waals surface area contributed by atoms with Crippen molar-refractivity contribution in [3.63, 3.8) is 0 Å². The van der Waals surface area contributed by atoms with Gasteiger partial charge < -0.3 is 4.90 Å². The minimum atomic E-state index is -0.907. The summed E-state index contributed by atoms with van der Waals surface area (Å²) in [6.07, 6.45) is 6.20. The Morgan fingerprint density at radius 2 is 1.81 bits per heavy atom. The van der Waals surface area contributed by atoms with Crippen molar-refractivity contribution in [2.24, 2.45) is 0 Å². The molecule has 3 rings (SSSR count). The van der Waals surface area contributed by atoms with Crippen LogP contribution in [0.2, 0.25) is 0 Å². The highest BCUT2D eigenvalue weighted by atomic mass is 19.1. The average Bonchev–Trinajstić information content (AvgIpc) is 3.13. The molecule has 2 aliphatic rings. The van der Waals surface area contributed by atoms with Gasteiger partial charge in [0, 0.05) is 23.7 Å². The standard InChI is InChI=1S/C15H17FN2O3/c16-13-8-5-10(9-14(13)18(20)21)15(19)17(12-6-7-12)11-3-1-2-4-11/h5,8-9,11-12H,1-4,6-7H2. The molecule has 0 atom stereocenters. The number of carbonyl (C=O) groups is 1. The maximum atomic E-state index is 13.4. The van der Waals surface area contributed by atoms with Gasteiger partial charge in [0.2, 0.25) is 5.82 Å². The number of nitrogens with zero attached hydrogens (tertiary/aromatic N) is 2. The number of rotatable bonds is 4. The zero-order valence-corrected chi connectivity index (χ0v) is 11.6. The monoisotopic (exact) mass is 292 g/mol. The normalized spacial score (nSPS) is 18.7. The summed E-state index contributed by atoms with van der Waals surface area (Å²) in [7, 11) is 0. The molecule has 0 bridgehead atoms. The number of amides is 1. The Balaban J connectivity index is 1.89. The first-order valence-corrected chi connectivity index (χ1v) is 7.34. The van der Waals surface area contributed by atoms with E-state index in [2.05, 4.69) is 0 Å². The van der Waals surface area contributed by atoms with Gasteiger partial charge in [0.25, 0.3) is 5.91 Å². The number of hydrogen-bond acceptors (Lipinski definition) is 3. The molecule has 6 heteroatoms. The van der Waals surface area contributed by atoms with Crippen molar-refractivity contribution in [2.45, 2.75) is 50.6 Å². The van der Waals surface area contributed by atoms with Crippen LogP contribution in [-0.2, 0) is 0 Å². The van der Waals surface area contributed by atoms with Gasteiger partial charge in [0.1, 0.15) is 0 Å². The highest BCUT2D eigenvalue weighted by Crippen LogP contribution is 2.36. The minimum Gasteiger partial charge on any atom is -0.333 e. The number of hydrogen-bond donors (Lipinski definition) is 0. The van der Waals surface area contributed by atoms with E-state index in [0.717, 1.165) is 50.7 Å². The van der Waals surface area contributed by atoms with Gasteiger partial charge in [-0.1, -0.05) is 12.8 Å². The number of nitro groups is 1. The number of carbonyl (C=O) groups excluding carboxylic acids is 1. The van der Waals surface area contributed by atoms with Crippen LogP contribution in [0, 0.1) is 15.9 Å². The Morgan fingerprint density at radius 1 is 1.19 bits per heavy atom. The van der Waals surface area contributed by atoms with Crippen LogP contribution >= 0.6 is 0 Å². The van der Waals surface area contributed by atoms with Crippen molar-refractivity contribution in [2.75, 3.05) is 0 Å². The van der Waals surface area contributed by atoms with Crippen molar-refractivity contribution >= 4 is 11.6 Å². The quantitative estimate of drug-likeness (QED) is 0.632. The topological polar surface area (TPSA) is 63.4 Å². The molecule has 0 heterocycles. The second kappa shape index (κ2) is 5.42. The van der Waals surface area contributed by atoms with Gasteiger partial charge in [0.05, 0.1) is 4.92 Å². The predicted molar refractivity (Wildman–Crippen MR) is 74.5 cm³/mol. The molecule has 0 saturated heterocycles. The Morgan fingerprint density at radius 3 is 2.38 bits per heavy atom. The maximum absolute atomic E-state index is 13.4. The SMILES string of the molecule is O=C(c1ccc(F)c([N+](=O)[O-])c1)N(C1CCCC1)C1CC1. The second-order valence-corrected chi connectivity index (χ2v) is 5.81. The van der Waals surface area contributed by atoms with Crippen LogP contribution in [-0.4, -0.2) is 27.8 Å². The lowest BCUT2D eigenvalue weighted by Crippen LogP contribution is -2.40. The van der Waals surface area contributed by atoms with E-state index in [4.69, 9.17) is 0 Å². The zero-order valence-electron chi connectivity index (χ0n) is 11.6. The third-order valence-corrected chi connectivity index (χ3v) is 4.28. The van der Waals surface area contributed by atoms with Crippen LogP contribution in [0.5, 0.6) is 0 Å². The Labute approximate surface area is 121 Å². The molecule has 0 unspecified atom stereocenters. The summed E-state index contributed by atoms with van der Waals surface area (Å²) in [4.78, 5) is 24.6. The lowest BCUT2D eigenvalue weighted by Gasteiger charge is -2.29. The summed E-state index contributed by atoms with van der Waals surface area (Å²) in [6, 6.07) is 3.89. The minimum absolute atomic E-state index is 0.201. The highest BCUT2D eigenvalue weighted by Gasteiger charge is 2.39. The van der Waals surface area contributed by atoms with Crippen molar-refractivity contribution in [1.29, 1.82) is 0 Å². The second-order valence-electron chi connectivity index (χ2n) is 5.81. The van der Waals surface area contributed by atoms with E-state index in [1.807, 2.05) is 4.90 Å². The Hall–Kier alpha value is -1.98. The third kappa shape index (κ3) is 2.75. The molecule has 0 radical (unpaired) electrons. The van der Waals surface area contributed by atoms with Crippen molar-refractivity contribution in [3.8, 4) is 0 Å². The molecule has 112 valence electrons. The van der Waals surface area contributed by atoms with E-state index in [1.165, 1.54) is 6.07 Å². The third-order valence-electron chi connectivity index (χ3n) is 4.28. The van der Waals surface area contributed by atoms with E-state index in [1.54, 1.807) is 0 Å². The summed E-state index contributed by atoms with van der Waals surface area (Å²) in [5, 5.41) is 10.8. The van der Waals surface area contributed by atoms with Gasteiger partial charge in [-0.15, -0.1) is 0 Å². The van der Waals surface area contributed by atoms with Crippen LogP contribution in [0.1, 0.15) is 48.9 Å². The summed E-state index contributed by atoms with van der Waals surface area (Å²) in [5.41, 5.74) is -0.426. The van der Waals surface area contributed by atoms with Crippen molar-refractivity contribution in [3.05, 3.63) is 39.7 Å².